The Kier molecular flexibility index (Phi) is 5.03. The lowest BCUT2D eigenvalue weighted by Gasteiger charge is -2.13. The van der Waals surface area contributed by atoms with E-state index in [1.807, 2.05) is 92.7 Å². The Balaban J connectivity index is 1.75. The van der Waals surface area contributed by atoms with E-state index in [9.17, 15) is 4.79 Å². The number of aryl methyl sites for hydroxylation is 1. The van der Waals surface area contributed by atoms with Crippen molar-refractivity contribution in [2.45, 2.75) is 13.8 Å². The van der Waals surface area contributed by atoms with Gasteiger partial charge >= 0.3 is 0 Å². The summed E-state index contributed by atoms with van der Waals surface area (Å²) in [6, 6.07) is 25.1. The molecule has 0 amide bonds. The van der Waals surface area contributed by atoms with Gasteiger partial charge in [0.05, 0.1) is 18.0 Å². The van der Waals surface area contributed by atoms with Gasteiger partial charge in [0.15, 0.2) is 5.65 Å². The normalized spacial score (nSPS) is 11.1. The Bertz CT molecular complexity index is 1430. The molecule has 0 saturated heterocycles. The Hall–Kier alpha value is -4.19. The van der Waals surface area contributed by atoms with Crippen LogP contribution in [0.25, 0.3) is 33.8 Å². The number of fused-ring (bicyclic) bond motifs is 1. The fourth-order valence-electron chi connectivity index (χ4n) is 3.67. The number of benzene rings is 3. The average molecular weight is 422 g/mol. The Morgan fingerprint density at radius 1 is 0.875 bits per heavy atom. The predicted molar refractivity (Wildman–Crippen MR) is 126 cm³/mol. The lowest BCUT2D eigenvalue weighted by molar-refractivity contribution is 0.340. The Labute approximate surface area is 185 Å². The van der Waals surface area contributed by atoms with Crippen LogP contribution >= 0.6 is 0 Å². The standard InChI is InChI=1S/C26H22N4O2/c1-3-32-22-15-13-21(14-16-22)30-25(19-11-9-18(2)10-12-19)27-24-23(26(30)31)17-29(28-24)20-7-5-4-6-8-20/h4-17H,3H2,1-2H3. The van der Waals surface area contributed by atoms with Gasteiger partial charge in [-0.3, -0.25) is 9.36 Å². The van der Waals surface area contributed by atoms with Gasteiger partial charge in [-0.25, -0.2) is 9.67 Å². The molecule has 0 saturated carbocycles. The maximum Gasteiger partial charge on any atom is 0.269 e. The number of hydrogen-bond acceptors (Lipinski definition) is 4. The minimum atomic E-state index is -0.170. The van der Waals surface area contributed by atoms with Crippen LogP contribution in [0.15, 0.2) is 89.9 Å². The van der Waals surface area contributed by atoms with Gasteiger partial charge in [-0.05, 0) is 50.2 Å². The molecule has 6 heteroatoms. The third kappa shape index (κ3) is 3.56. The van der Waals surface area contributed by atoms with Gasteiger partial charge in [0.1, 0.15) is 17.0 Å². The van der Waals surface area contributed by atoms with Crippen LogP contribution in [0.2, 0.25) is 0 Å². The fraction of sp³-hybridized carbons (Fsp3) is 0.115. The van der Waals surface area contributed by atoms with Gasteiger partial charge in [-0.2, -0.15) is 0 Å². The number of aromatic nitrogens is 4. The van der Waals surface area contributed by atoms with Crippen LogP contribution in [0.3, 0.4) is 0 Å². The molecule has 158 valence electrons. The van der Waals surface area contributed by atoms with E-state index in [2.05, 4.69) is 5.10 Å². The highest BCUT2D eigenvalue weighted by Crippen LogP contribution is 2.24. The van der Waals surface area contributed by atoms with Gasteiger partial charge in [0.25, 0.3) is 5.56 Å². The van der Waals surface area contributed by atoms with Crippen LogP contribution in [-0.4, -0.2) is 25.9 Å². The van der Waals surface area contributed by atoms with Gasteiger partial charge in [0, 0.05) is 11.8 Å². The fourth-order valence-corrected chi connectivity index (χ4v) is 3.67. The molecule has 6 nitrogen and oxygen atoms in total. The van der Waals surface area contributed by atoms with Crippen molar-refractivity contribution in [3.8, 4) is 28.5 Å². The summed E-state index contributed by atoms with van der Waals surface area (Å²) in [4.78, 5) is 18.5. The third-order valence-electron chi connectivity index (χ3n) is 5.29. The molecular weight excluding hydrogens is 400 g/mol. The monoisotopic (exact) mass is 422 g/mol. The van der Waals surface area contributed by atoms with E-state index in [-0.39, 0.29) is 5.56 Å². The average Bonchev–Trinajstić information content (AvgIpc) is 3.26. The molecule has 0 spiro atoms. The molecule has 0 aliphatic carbocycles. The smallest absolute Gasteiger partial charge is 0.269 e. The highest BCUT2D eigenvalue weighted by molar-refractivity contribution is 5.77. The highest BCUT2D eigenvalue weighted by Gasteiger charge is 2.17. The molecule has 5 rings (SSSR count). The maximum absolute atomic E-state index is 13.7. The molecule has 0 fully saturated rings. The molecule has 2 heterocycles. The first-order valence-corrected chi connectivity index (χ1v) is 10.5. The molecular formula is C26H22N4O2. The van der Waals surface area contributed by atoms with Crippen LogP contribution in [0, 0.1) is 6.92 Å². The van der Waals surface area contributed by atoms with Crippen molar-refractivity contribution in [1.29, 1.82) is 0 Å². The molecule has 0 atom stereocenters. The Morgan fingerprint density at radius 3 is 2.28 bits per heavy atom. The molecule has 0 aliphatic heterocycles. The largest absolute Gasteiger partial charge is 0.494 e. The topological polar surface area (TPSA) is 61.9 Å². The van der Waals surface area contributed by atoms with Crippen molar-refractivity contribution in [1.82, 2.24) is 19.3 Å². The summed E-state index contributed by atoms with van der Waals surface area (Å²) in [6.07, 6.45) is 1.74. The first-order chi connectivity index (χ1) is 15.6. The zero-order valence-electron chi connectivity index (χ0n) is 17.9. The Morgan fingerprint density at radius 2 is 1.59 bits per heavy atom. The third-order valence-corrected chi connectivity index (χ3v) is 5.29. The molecule has 32 heavy (non-hydrogen) atoms. The molecule has 0 aliphatic rings. The lowest BCUT2D eigenvalue weighted by Crippen LogP contribution is -2.21. The van der Waals surface area contributed by atoms with E-state index in [0.717, 1.165) is 28.3 Å². The van der Waals surface area contributed by atoms with Crippen LogP contribution in [0.1, 0.15) is 12.5 Å². The summed E-state index contributed by atoms with van der Waals surface area (Å²) in [7, 11) is 0. The number of nitrogens with zero attached hydrogens (tertiary/aromatic N) is 4. The van der Waals surface area contributed by atoms with Crippen molar-refractivity contribution < 1.29 is 4.74 Å². The van der Waals surface area contributed by atoms with Gasteiger partial charge < -0.3 is 4.74 Å². The zero-order chi connectivity index (χ0) is 22.1. The van der Waals surface area contributed by atoms with E-state index < -0.39 is 0 Å². The first kappa shape index (κ1) is 19.8. The molecule has 2 aromatic heterocycles. The number of ether oxygens (including phenoxy) is 1. The second kappa shape index (κ2) is 8.15. The van der Waals surface area contributed by atoms with Crippen molar-refractivity contribution in [2.75, 3.05) is 6.61 Å². The van der Waals surface area contributed by atoms with Crippen LogP contribution in [0.4, 0.5) is 0 Å². The van der Waals surface area contributed by atoms with E-state index >= 15 is 0 Å². The molecule has 0 radical (unpaired) electrons. The molecule has 3 aromatic carbocycles. The van der Waals surface area contributed by atoms with Crippen LogP contribution < -0.4 is 10.3 Å². The molecule has 0 N–H and O–H groups in total. The summed E-state index contributed by atoms with van der Waals surface area (Å²) in [5, 5.41) is 5.05. The second-order valence-corrected chi connectivity index (χ2v) is 7.52. The SMILES string of the molecule is CCOc1ccc(-n2c(-c3ccc(C)cc3)nc3nn(-c4ccccc4)cc3c2=O)cc1. The summed E-state index contributed by atoms with van der Waals surface area (Å²) in [5.74, 6) is 1.30. The van der Waals surface area contributed by atoms with E-state index in [4.69, 9.17) is 9.72 Å². The zero-order valence-corrected chi connectivity index (χ0v) is 17.9. The van der Waals surface area contributed by atoms with Crippen LogP contribution in [-0.2, 0) is 0 Å². The van der Waals surface area contributed by atoms with E-state index in [0.29, 0.717) is 23.5 Å². The highest BCUT2D eigenvalue weighted by atomic mass is 16.5. The van der Waals surface area contributed by atoms with Crippen molar-refractivity contribution in [3.05, 3.63) is 101 Å². The quantitative estimate of drug-likeness (QED) is 0.402. The van der Waals surface area contributed by atoms with E-state index in [1.165, 1.54) is 0 Å². The summed E-state index contributed by atoms with van der Waals surface area (Å²) in [6.45, 7) is 4.55. The maximum atomic E-state index is 13.7. The number of para-hydroxylation sites is 1. The summed E-state index contributed by atoms with van der Waals surface area (Å²) >= 11 is 0. The lowest BCUT2D eigenvalue weighted by atomic mass is 10.1. The van der Waals surface area contributed by atoms with Crippen molar-refractivity contribution >= 4 is 11.0 Å². The van der Waals surface area contributed by atoms with Gasteiger partial charge in [0.2, 0.25) is 0 Å². The minimum absolute atomic E-state index is 0.170. The van der Waals surface area contributed by atoms with Gasteiger partial charge in [-0.15, -0.1) is 5.10 Å². The number of hydrogen-bond donors (Lipinski definition) is 0. The number of rotatable bonds is 5. The summed E-state index contributed by atoms with van der Waals surface area (Å²) in [5.41, 5.74) is 3.81. The first-order valence-electron chi connectivity index (χ1n) is 10.5. The molecule has 5 aromatic rings. The predicted octanol–water partition coefficient (Wildman–Crippen LogP) is 4.95. The minimum Gasteiger partial charge on any atom is -0.494 e. The van der Waals surface area contributed by atoms with Crippen LogP contribution in [0.5, 0.6) is 5.75 Å². The van der Waals surface area contributed by atoms with Crippen molar-refractivity contribution in [2.24, 2.45) is 0 Å². The molecule has 0 bridgehead atoms. The summed E-state index contributed by atoms with van der Waals surface area (Å²) < 4.78 is 8.89. The molecule has 0 unspecified atom stereocenters. The van der Waals surface area contributed by atoms with Crippen molar-refractivity contribution in [3.63, 3.8) is 0 Å². The van der Waals surface area contributed by atoms with E-state index in [1.54, 1.807) is 15.4 Å². The van der Waals surface area contributed by atoms with Gasteiger partial charge in [-0.1, -0.05) is 48.0 Å². The second-order valence-electron chi connectivity index (χ2n) is 7.52.